The van der Waals surface area contributed by atoms with E-state index in [4.69, 9.17) is 9.84 Å². The quantitative estimate of drug-likeness (QED) is 0.407. The number of imide groups is 1. The number of Topliss-reactive ketones (excluding diaryl/α,β-unsaturated/α-hetero) is 1. The van der Waals surface area contributed by atoms with Crippen molar-refractivity contribution in [3.63, 3.8) is 0 Å². The molecule has 0 saturated carbocycles. The van der Waals surface area contributed by atoms with Crippen LogP contribution in [0.25, 0.3) is 0 Å². The number of amides is 4. The average Bonchev–Trinajstić information content (AvgIpc) is 2.77. The highest BCUT2D eigenvalue weighted by Gasteiger charge is 2.30. The lowest BCUT2D eigenvalue weighted by Crippen LogP contribution is -2.49. The number of ketones is 1. The van der Waals surface area contributed by atoms with Crippen molar-refractivity contribution >= 4 is 41.0 Å². The fraction of sp³-hybridized carbons (Fsp3) is 0.320. The smallest absolute Gasteiger partial charge is 0.328 e. The van der Waals surface area contributed by atoms with E-state index in [0.29, 0.717) is 22.7 Å². The SMILES string of the molecule is COc1c(C(=O)Nc2ccc(C(=O)CC(=O)O)cc2)cc(N2CCC(=O)NC2=O)cc1C(C)(C)C. The number of urea groups is 1. The van der Waals surface area contributed by atoms with Crippen LogP contribution in [0.1, 0.15) is 59.9 Å². The van der Waals surface area contributed by atoms with Gasteiger partial charge in [-0.2, -0.15) is 0 Å². The third kappa shape index (κ3) is 5.84. The molecule has 35 heavy (non-hydrogen) atoms. The molecular weight excluding hydrogens is 454 g/mol. The number of carboxylic acid groups (broad SMARTS) is 1. The Bertz CT molecular complexity index is 1200. The number of anilines is 2. The van der Waals surface area contributed by atoms with Crippen molar-refractivity contribution in [1.82, 2.24) is 5.32 Å². The number of benzene rings is 2. The Labute approximate surface area is 202 Å². The van der Waals surface area contributed by atoms with Crippen LogP contribution in [0, 0.1) is 0 Å². The van der Waals surface area contributed by atoms with E-state index in [1.54, 1.807) is 6.07 Å². The molecule has 3 rings (SSSR count). The van der Waals surface area contributed by atoms with Gasteiger partial charge in [0, 0.05) is 35.5 Å². The number of carbonyl (C=O) groups excluding carboxylic acids is 4. The fourth-order valence-electron chi connectivity index (χ4n) is 3.70. The topological polar surface area (TPSA) is 142 Å². The summed E-state index contributed by atoms with van der Waals surface area (Å²) in [6.07, 6.45) is -0.488. The van der Waals surface area contributed by atoms with Crippen molar-refractivity contribution in [3.05, 3.63) is 53.1 Å². The molecule has 1 aliphatic heterocycles. The third-order valence-corrected chi connectivity index (χ3v) is 5.47. The highest BCUT2D eigenvalue weighted by Crippen LogP contribution is 2.38. The summed E-state index contributed by atoms with van der Waals surface area (Å²) >= 11 is 0. The van der Waals surface area contributed by atoms with Crippen LogP contribution in [0.3, 0.4) is 0 Å². The van der Waals surface area contributed by atoms with E-state index >= 15 is 0 Å². The number of carbonyl (C=O) groups is 5. The van der Waals surface area contributed by atoms with Gasteiger partial charge in [-0.1, -0.05) is 20.8 Å². The Balaban J connectivity index is 1.97. The molecule has 1 heterocycles. The first kappa shape index (κ1) is 25.4. The molecule has 184 valence electrons. The second-order valence-corrected chi connectivity index (χ2v) is 9.10. The van der Waals surface area contributed by atoms with Gasteiger partial charge in [-0.05, 0) is 41.8 Å². The zero-order valence-corrected chi connectivity index (χ0v) is 19.9. The number of nitrogens with one attached hydrogen (secondary N) is 2. The van der Waals surface area contributed by atoms with Gasteiger partial charge < -0.3 is 15.2 Å². The summed E-state index contributed by atoms with van der Waals surface area (Å²) in [4.78, 5) is 61.4. The van der Waals surface area contributed by atoms with Gasteiger partial charge in [-0.15, -0.1) is 0 Å². The number of hydrogen-bond donors (Lipinski definition) is 3. The second kappa shape index (κ2) is 9.96. The maximum absolute atomic E-state index is 13.3. The fourth-order valence-corrected chi connectivity index (χ4v) is 3.70. The normalized spacial score (nSPS) is 13.8. The van der Waals surface area contributed by atoms with E-state index < -0.39 is 35.5 Å². The number of ether oxygens (including phenoxy) is 1. The maximum Gasteiger partial charge on any atom is 0.328 e. The Morgan fingerprint density at radius 2 is 1.77 bits per heavy atom. The zero-order valence-electron chi connectivity index (χ0n) is 19.9. The van der Waals surface area contributed by atoms with Gasteiger partial charge in [0.1, 0.15) is 12.2 Å². The molecule has 1 aliphatic rings. The van der Waals surface area contributed by atoms with Gasteiger partial charge in [0.15, 0.2) is 5.78 Å². The molecule has 0 radical (unpaired) electrons. The van der Waals surface area contributed by atoms with Gasteiger partial charge in [-0.25, -0.2) is 4.79 Å². The lowest BCUT2D eigenvalue weighted by Gasteiger charge is -2.30. The lowest BCUT2D eigenvalue weighted by molar-refractivity contribution is -0.136. The highest BCUT2D eigenvalue weighted by atomic mass is 16.5. The van der Waals surface area contributed by atoms with E-state index in [1.165, 1.54) is 42.3 Å². The zero-order chi connectivity index (χ0) is 25.9. The van der Waals surface area contributed by atoms with Gasteiger partial charge in [0.2, 0.25) is 5.91 Å². The highest BCUT2D eigenvalue weighted by molar-refractivity contribution is 6.10. The molecule has 10 heteroatoms. The summed E-state index contributed by atoms with van der Waals surface area (Å²) in [5.41, 5.74) is 1.48. The Kier molecular flexibility index (Phi) is 7.23. The lowest BCUT2D eigenvalue weighted by atomic mass is 9.84. The van der Waals surface area contributed by atoms with E-state index in [1.807, 2.05) is 20.8 Å². The Morgan fingerprint density at radius 1 is 1.11 bits per heavy atom. The number of rotatable bonds is 7. The second-order valence-electron chi connectivity index (χ2n) is 9.10. The molecule has 3 N–H and O–H groups in total. The van der Waals surface area contributed by atoms with Crippen LogP contribution >= 0.6 is 0 Å². The minimum absolute atomic E-state index is 0.136. The van der Waals surface area contributed by atoms with Crippen molar-refractivity contribution in [2.75, 3.05) is 23.9 Å². The molecule has 10 nitrogen and oxygen atoms in total. The molecule has 0 spiro atoms. The van der Waals surface area contributed by atoms with E-state index in [0.717, 1.165) is 0 Å². The van der Waals surface area contributed by atoms with Crippen LogP contribution in [0.2, 0.25) is 0 Å². The number of carboxylic acids is 1. The number of methoxy groups -OCH3 is 1. The van der Waals surface area contributed by atoms with Crippen molar-refractivity contribution < 1.29 is 33.8 Å². The number of hydrogen-bond acceptors (Lipinski definition) is 6. The summed E-state index contributed by atoms with van der Waals surface area (Å²) in [7, 11) is 1.45. The molecule has 2 aromatic rings. The van der Waals surface area contributed by atoms with Crippen molar-refractivity contribution in [1.29, 1.82) is 0 Å². The first-order valence-corrected chi connectivity index (χ1v) is 10.9. The van der Waals surface area contributed by atoms with Gasteiger partial charge in [0.25, 0.3) is 5.91 Å². The van der Waals surface area contributed by atoms with Crippen molar-refractivity contribution in [3.8, 4) is 5.75 Å². The standard InChI is InChI=1S/C25H27N3O7/c1-25(2,3)18-12-16(28-10-9-20(30)27-24(28)34)11-17(22(18)35-4)23(33)26-15-7-5-14(6-8-15)19(29)13-21(31)32/h5-8,11-12H,9-10,13H2,1-4H3,(H,26,33)(H,31,32)(H,27,30,34). The third-order valence-electron chi connectivity index (χ3n) is 5.47. The van der Waals surface area contributed by atoms with Crippen LogP contribution in [0.15, 0.2) is 36.4 Å². The van der Waals surface area contributed by atoms with Crippen LogP contribution in [0.5, 0.6) is 5.75 Å². The molecule has 0 unspecified atom stereocenters. The van der Waals surface area contributed by atoms with Crippen molar-refractivity contribution in [2.24, 2.45) is 0 Å². The van der Waals surface area contributed by atoms with Crippen LogP contribution < -0.4 is 20.3 Å². The largest absolute Gasteiger partial charge is 0.496 e. The minimum Gasteiger partial charge on any atom is -0.496 e. The number of aliphatic carboxylic acids is 1. The van der Waals surface area contributed by atoms with E-state index in [9.17, 15) is 24.0 Å². The van der Waals surface area contributed by atoms with Gasteiger partial charge >= 0.3 is 12.0 Å². The Morgan fingerprint density at radius 3 is 2.31 bits per heavy atom. The molecule has 0 bridgehead atoms. The summed E-state index contributed by atoms with van der Waals surface area (Å²) in [6.45, 7) is 6.02. The number of nitrogens with zero attached hydrogens (tertiary/aromatic N) is 1. The van der Waals surface area contributed by atoms with Crippen LogP contribution in [0.4, 0.5) is 16.2 Å². The maximum atomic E-state index is 13.3. The summed E-state index contributed by atoms with van der Waals surface area (Å²) in [5, 5.41) is 13.8. The monoisotopic (exact) mass is 481 g/mol. The average molecular weight is 482 g/mol. The van der Waals surface area contributed by atoms with Crippen LogP contribution in [-0.4, -0.2) is 48.4 Å². The molecule has 1 fully saturated rings. The first-order chi connectivity index (χ1) is 16.4. The molecule has 0 atom stereocenters. The Hall–Kier alpha value is -4.21. The molecule has 1 saturated heterocycles. The summed E-state index contributed by atoms with van der Waals surface area (Å²) in [6, 6.07) is 8.60. The van der Waals surface area contributed by atoms with Crippen molar-refractivity contribution in [2.45, 2.75) is 39.0 Å². The molecular formula is C25H27N3O7. The molecule has 4 amide bonds. The molecule has 0 aromatic heterocycles. The van der Waals surface area contributed by atoms with E-state index in [2.05, 4.69) is 10.6 Å². The molecule has 0 aliphatic carbocycles. The molecule has 2 aromatic carbocycles. The summed E-state index contributed by atoms with van der Waals surface area (Å²) < 4.78 is 5.60. The minimum atomic E-state index is -1.22. The van der Waals surface area contributed by atoms with E-state index in [-0.39, 0.29) is 30.0 Å². The predicted octanol–water partition coefficient (Wildman–Crippen LogP) is 3.35. The van der Waals surface area contributed by atoms with Gasteiger partial charge in [-0.3, -0.25) is 29.4 Å². The summed E-state index contributed by atoms with van der Waals surface area (Å²) in [5.74, 6) is -2.29. The van der Waals surface area contributed by atoms with Crippen LogP contribution in [-0.2, 0) is 15.0 Å². The van der Waals surface area contributed by atoms with Gasteiger partial charge in [0.05, 0.1) is 12.7 Å². The predicted molar refractivity (Wildman–Crippen MR) is 128 cm³/mol. The first-order valence-electron chi connectivity index (χ1n) is 10.9.